The number of pyridine rings is 1. The molecular weight excluding hydrogens is 442 g/mol. The zero-order valence-corrected chi connectivity index (χ0v) is 18.3. The first kappa shape index (κ1) is 22.4. The van der Waals surface area contributed by atoms with Crippen LogP contribution in [0.2, 0.25) is 5.02 Å². The van der Waals surface area contributed by atoms with Gasteiger partial charge in [0.05, 0.1) is 23.5 Å². The molecule has 0 atom stereocenters. The number of carbonyl (C=O) groups is 1. The van der Waals surface area contributed by atoms with Crippen LogP contribution in [0.3, 0.4) is 0 Å². The lowest BCUT2D eigenvalue weighted by Gasteiger charge is -2.14. The Balaban J connectivity index is 1.80. The highest BCUT2D eigenvalue weighted by Crippen LogP contribution is 2.32. The third-order valence-electron chi connectivity index (χ3n) is 4.06. The number of carbonyl (C=O) groups excluding carboxylic acids is 1. The number of aromatic nitrogens is 1. The highest BCUT2D eigenvalue weighted by molar-refractivity contribution is 7.92. The number of amides is 1. The van der Waals surface area contributed by atoms with Gasteiger partial charge in [-0.3, -0.25) is 14.5 Å². The van der Waals surface area contributed by atoms with Crippen LogP contribution in [-0.2, 0) is 21.4 Å². The van der Waals surface area contributed by atoms with Crippen molar-refractivity contribution >= 4 is 38.9 Å². The van der Waals surface area contributed by atoms with Gasteiger partial charge in [-0.2, -0.15) is 0 Å². The van der Waals surface area contributed by atoms with Crippen molar-refractivity contribution in [3.8, 4) is 11.5 Å². The minimum atomic E-state index is -4.04. The molecule has 1 aromatic heterocycles. The summed E-state index contributed by atoms with van der Waals surface area (Å²) in [5.74, 6) is 0.193. The van der Waals surface area contributed by atoms with Crippen molar-refractivity contribution in [2.45, 2.75) is 18.4 Å². The van der Waals surface area contributed by atoms with Crippen LogP contribution in [-0.4, -0.2) is 26.4 Å². The van der Waals surface area contributed by atoms with E-state index in [1.165, 1.54) is 38.3 Å². The fourth-order valence-electron chi connectivity index (χ4n) is 2.69. The third kappa shape index (κ3) is 5.87. The number of sulfonamides is 1. The monoisotopic (exact) mass is 461 g/mol. The molecule has 8 nitrogen and oxygen atoms in total. The Labute approximate surface area is 185 Å². The zero-order valence-electron chi connectivity index (χ0n) is 16.8. The highest BCUT2D eigenvalue weighted by atomic mass is 35.5. The van der Waals surface area contributed by atoms with E-state index >= 15 is 0 Å². The summed E-state index contributed by atoms with van der Waals surface area (Å²) in [5, 5.41) is 2.78. The molecule has 1 heterocycles. The standard InChI is InChI=1S/C21H20ClN3O5S/c1-14(26)24-15-6-9-20(29-2)21(12-15)31(27,28)25-16-7-8-19(18(22)11-16)30-13-17-5-3-4-10-23-17/h3-12,25H,13H2,1-2H3,(H,24,26). The van der Waals surface area contributed by atoms with Crippen molar-refractivity contribution in [2.75, 3.05) is 17.1 Å². The van der Waals surface area contributed by atoms with E-state index in [2.05, 4.69) is 15.0 Å². The number of anilines is 2. The van der Waals surface area contributed by atoms with E-state index in [0.717, 1.165) is 5.69 Å². The molecule has 10 heteroatoms. The Bertz CT molecular complexity index is 1190. The Hall–Kier alpha value is -3.30. The molecule has 0 unspecified atom stereocenters. The number of benzene rings is 2. The normalized spacial score (nSPS) is 10.9. The van der Waals surface area contributed by atoms with E-state index in [-0.39, 0.29) is 33.9 Å². The lowest BCUT2D eigenvalue weighted by molar-refractivity contribution is -0.114. The van der Waals surface area contributed by atoms with Crippen molar-refractivity contribution in [3.05, 3.63) is 71.5 Å². The molecule has 0 saturated heterocycles. The largest absolute Gasteiger partial charge is 0.495 e. The molecule has 0 bridgehead atoms. The first-order chi connectivity index (χ1) is 14.8. The summed E-state index contributed by atoms with van der Waals surface area (Å²) in [6.07, 6.45) is 1.66. The summed E-state index contributed by atoms with van der Waals surface area (Å²) in [6.45, 7) is 1.55. The fourth-order valence-corrected chi connectivity index (χ4v) is 4.18. The molecule has 1 amide bonds. The van der Waals surface area contributed by atoms with E-state index in [9.17, 15) is 13.2 Å². The molecule has 162 valence electrons. The van der Waals surface area contributed by atoms with Crippen molar-refractivity contribution in [2.24, 2.45) is 0 Å². The highest BCUT2D eigenvalue weighted by Gasteiger charge is 2.21. The van der Waals surface area contributed by atoms with Gasteiger partial charge in [-0.1, -0.05) is 17.7 Å². The first-order valence-electron chi connectivity index (χ1n) is 9.09. The van der Waals surface area contributed by atoms with Crippen LogP contribution < -0.4 is 19.5 Å². The van der Waals surface area contributed by atoms with Gasteiger partial charge in [0.15, 0.2) is 0 Å². The van der Waals surface area contributed by atoms with E-state index in [0.29, 0.717) is 11.4 Å². The average molecular weight is 462 g/mol. The smallest absolute Gasteiger partial charge is 0.265 e. The Morgan fingerprint density at radius 3 is 2.45 bits per heavy atom. The van der Waals surface area contributed by atoms with E-state index in [4.69, 9.17) is 21.1 Å². The van der Waals surface area contributed by atoms with Crippen LogP contribution >= 0.6 is 11.6 Å². The van der Waals surface area contributed by atoms with Crippen LogP contribution in [0, 0.1) is 0 Å². The number of methoxy groups -OCH3 is 1. The van der Waals surface area contributed by atoms with Crippen LogP contribution in [0.25, 0.3) is 0 Å². The Morgan fingerprint density at radius 2 is 1.81 bits per heavy atom. The lowest BCUT2D eigenvalue weighted by Crippen LogP contribution is -2.15. The number of ether oxygens (including phenoxy) is 2. The van der Waals surface area contributed by atoms with E-state index in [1.54, 1.807) is 24.4 Å². The minimum absolute atomic E-state index is 0.128. The van der Waals surface area contributed by atoms with Crippen molar-refractivity contribution in [3.63, 3.8) is 0 Å². The SMILES string of the molecule is COc1ccc(NC(C)=O)cc1S(=O)(=O)Nc1ccc(OCc2ccccn2)c(Cl)c1. The van der Waals surface area contributed by atoms with Gasteiger partial charge in [-0.05, 0) is 48.5 Å². The van der Waals surface area contributed by atoms with Crippen molar-refractivity contribution < 1.29 is 22.7 Å². The van der Waals surface area contributed by atoms with Gasteiger partial charge in [0.2, 0.25) is 5.91 Å². The summed E-state index contributed by atoms with van der Waals surface area (Å²) in [6, 6.07) is 14.3. The molecule has 2 N–H and O–H groups in total. The summed E-state index contributed by atoms with van der Waals surface area (Å²) in [4.78, 5) is 15.3. The van der Waals surface area contributed by atoms with E-state index < -0.39 is 10.0 Å². The van der Waals surface area contributed by atoms with Crippen molar-refractivity contribution in [1.82, 2.24) is 4.98 Å². The summed E-state index contributed by atoms with van der Waals surface area (Å²) in [7, 11) is -2.68. The number of nitrogens with one attached hydrogen (secondary N) is 2. The molecule has 31 heavy (non-hydrogen) atoms. The molecular formula is C21H20ClN3O5S. The molecule has 3 aromatic rings. The molecule has 0 radical (unpaired) electrons. The number of rotatable bonds is 8. The second-order valence-corrected chi connectivity index (χ2v) is 8.47. The minimum Gasteiger partial charge on any atom is -0.495 e. The lowest BCUT2D eigenvalue weighted by atomic mass is 10.3. The number of nitrogens with zero attached hydrogens (tertiary/aromatic N) is 1. The molecule has 0 aliphatic rings. The number of hydrogen-bond acceptors (Lipinski definition) is 6. The van der Waals surface area contributed by atoms with Gasteiger partial charge in [-0.15, -0.1) is 0 Å². The maximum absolute atomic E-state index is 12.9. The molecule has 0 spiro atoms. The average Bonchev–Trinajstić information content (AvgIpc) is 2.73. The first-order valence-corrected chi connectivity index (χ1v) is 11.0. The molecule has 0 aliphatic heterocycles. The molecule has 2 aromatic carbocycles. The quantitative estimate of drug-likeness (QED) is 0.523. The fraction of sp³-hybridized carbons (Fsp3) is 0.143. The van der Waals surface area contributed by atoms with Gasteiger partial charge in [0.25, 0.3) is 10.0 Å². The maximum Gasteiger partial charge on any atom is 0.265 e. The predicted molar refractivity (Wildman–Crippen MR) is 118 cm³/mol. The van der Waals surface area contributed by atoms with Crippen LogP contribution in [0.4, 0.5) is 11.4 Å². The topological polar surface area (TPSA) is 107 Å². The predicted octanol–water partition coefficient (Wildman–Crippen LogP) is 4.08. The maximum atomic E-state index is 12.9. The Kier molecular flexibility index (Phi) is 6.98. The summed E-state index contributed by atoms with van der Waals surface area (Å²) >= 11 is 6.26. The van der Waals surface area contributed by atoms with E-state index in [1.807, 2.05) is 12.1 Å². The van der Waals surface area contributed by atoms with Gasteiger partial charge in [0, 0.05) is 18.8 Å². The second-order valence-electron chi connectivity index (χ2n) is 6.41. The molecule has 3 rings (SSSR count). The number of halogens is 1. The van der Waals surface area contributed by atoms with Crippen molar-refractivity contribution in [1.29, 1.82) is 0 Å². The number of hydrogen-bond donors (Lipinski definition) is 2. The third-order valence-corrected chi connectivity index (χ3v) is 5.76. The van der Waals surface area contributed by atoms with Crippen LogP contribution in [0.15, 0.2) is 65.7 Å². The Morgan fingerprint density at radius 1 is 1.06 bits per heavy atom. The molecule has 0 fully saturated rings. The van der Waals surface area contributed by atoms with Crippen LogP contribution in [0.1, 0.15) is 12.6 Å². The molecule has 0 saturated carbocycles. The van der Waals surface area contributed by atoms with Gasteiger partial charge < -0.3 is 14.8 Å². The second kappa shape index (κ2) is 9.67. The zero-order chi connectivity index (χ0) is 22.4. The molecule has 0 aliphatic carbocycles. The summed E-state index contributed by atoms with van der Waals surface area (Å²) in [5.41, 5.74) is 1.29. The summed E-state index contributed by atoms with van der Waals surface area (Å²) < 4.78 is 39.2. The van der Waals surface area contributed by atoms with Gasteiger partial charge >= 0.3 is 0 Å². The van der Waals surface area contributed by atoms with Gasteiger partial charge in [0.1, 0.15) is 23.0 Å². The van der Waals surface area contributed by atoms with Crippen LogP contribution in [0.5, 0.6) is 11.5 Å². The van der Waals surface area contributed by atoms with Gasteiger partial charge in [-0.25, -0.2) is 8.42 Å².